The number of para-hydroxylation sites is 1. The lowest BCUT2D eigenvalue weighted by molar-refractivity contribution is -0.141. The molecule has 1 aromatic heterocycles. The number of allylic oxidation sites excluding steroid dienone is 1. The first-order valence-electron chi connectivity index (χ1n) is 17.8. The monoisotopic (exact) mass is 761 g/mol. The van der Waals surface area contributed by atoms with E-state index in [0.29, 0.717) is 57.3 Å². The summed E-state index contributed by atoms with van der Waals surface area (Å²) in [6, 6.07) is 19.6. The van der Waals surface area contributed by atoms with Crippen molar-refractivity contribution >= 4 is 17.8 Å². The lowest BCUT2D eigenvalue weighted by Gasteiger charge is -2.39. The number of rotatable bonds is 13. The fourth-order valence-electron chi connectivity index (χ4n) is 7.83. The van der Waals surface area contributed by atoms with Crippen molar-refractivity contribution in [2.45, 2.75) is 18.6 Å². The topological polar surface area (TPSA) is 148 Å². The Morgan fingerprint density at radius 3 is 2.23 bits per heavy atom. The first-order valence-corrected chi connectivity index (χ1v) is 17.8. The highest BCUT2D eigenvalue weighted by Gasteiger charge is 2.53. The van der Waals surface area contributed by atoms with Crippen LogP contribution in [0.15, 0.2) is 79.0 Å². The molecular formula is C42H39N3O11. The summed E-state index contributed by atoms with van der Waals surface area (Å²) in [5.41, 5.74) is 4.25. The Bertz CT molecular complexity index is 2310. The van der Waals surface area contributed by atoms with E-state index in [2.05, 4.69) is 10.3 Å². The number of carbonyl (C=O) groups is 2. The summed E-state index contributed by atoms with van der Waals surface area (Å²) in [6.07, 6.45) is 5.00. The predicted molar refractivity (Wildman–Crippen MR) is 200 cm³/mol. The number of ketones is 1. The van der Waals surface area contributed by atoms with E-state index in [1.165, 1.54) is 13.2 Å². The second kappa shape index (κ2) is 15.2. The third-order valence-electron chi connectivity index (χ3n) is 10.4. The number of carbonyl (C=O) groups excluding carboxylic acids is 2. The van der Waals surface area contributed by atoms with Gasteiger partial charge in [0, 0.05) is 23.0 Å². The standard InChI is InChI=1S/C42H39N3O11/c1-48-31-9-7-6-8-23(31)10-12-30(46)24-11-13-32(33(14-24)49-2)53-20-26-19-45(44-43-26)40-28-18-35-34(55-22-56-35)17-27(28)38(39-29(40)21-54-42(39)47)25-15-36(50-3)41(52-5)37(16-25)51-4/h6-19,29,38-40H,20-22H2,1-5H3/b12-10+/t29-,38+,39-,40-/m0/s1. The normalized spacial score (nSPS) is 19.2. The molecule has 1 aliphatic carbocycles. The van der Waals surface area contributed by atoms with Gasteiger partial charge < -0.3 is 42.6 Å². The number of hydrogen-bond acceptors (Lipinski definition) is 13. The van der Waals surface area contributed by atoms with Crippen LogP contribution in [0.5, 0.6) is 46.0 Å². The van der Waals surface area contributed by atoms with Gasteiger partial charge in [0.2, 0.25) is 12.5 Å². The minimum atomic E-state index is -0.588. The molecule has 1 fully saturated rings. The number of methoxy groups -OCH3 is 5. The molecule has 0 unspecified atom stereocenters. The molecule has 1 saturated heterocycles. The second-order valence-electron chi connectivity index (χ2n) is 13.3. The average Bonchev–Trinajstić information content (AvgIpc) is 4.00. The molecule has 3 heterocycles. The SMILES string of the molecule is COc1ccccc1/C=C/C(=O)c1ccc(OCc2cn([C@H]3c4cc5c(cc4[C@@H](c4cc(OC)c(OC)c(OC)c4)[C@H]4C(=O)OC[C@@H]43)OCO5)nn2)c(OC)c1. The predicted octanol–water partition coefficient (Wildman–Crippen LogP) is 6.05. The third-order valence-corrected chi connectivity index (χ3v) is 10.4. The molecule has 2 aliphatic heterocycles. The van der Waals surface area contributed by atoms with E-state index in [4.69, 9.17) is 42.6 Å². The molecule has 0 saturated carbocycles. The Hall–Kier alpha value is -6.70. The van der Waals surface area contributed by atoms with E-state index in [9.17, 15) is 9.59 Å². The van der Waals surface area contributed by atoms with Gasteiger partial charge >= 0.3 is 5.97 Å². The van der Waals surface area contributed by atoms with Gasteiger partial charge in [0.05, 0.1) is 60.3 Å². The number of hydrogen-bond donors (Lipinski definition) is 0. The van der Waals surface area contributed by atoms with Crippen molar-refractivity contribution in [1.29, 1.82) is 0 Å². The van der Waals surface area contributed by atoms with Crippen molar-refractivity contribution in [1.82, 2.24) is 15.0 Å². The highest BCUT2D eigenvalue weighted by molar-refractivity contribution is 6.07. The van der Waals surface area contributed by atoms with Crippen LogP contribution >= 0.6 is 0 Å². The molecule has 8 rings (SSSR count). The van der Waals surface area contributed by atoms with E-state index >= 15 is 0 Å². The molecule has 0 N–H and O–H groups in total. The zero-order valence-electron chi connectivity index (χ0n) is 31.3. The maximum absolute atomic E-state index is 13.7. The van der Waals surface area contributed by atoms with Crippen LogP contribution in [-0.2, 0) is 16.1 Å². The molecular weight excluding hydrogens is 722 g/mol. The minimum absolute atomic E-state index is 0.0513. The summed E-state index contributed by atoms with van der Waals surface area (Å²) in [5, 5.41) is 8.98. The number of aromatic nitrogens is 3. The van der Waals surface area contributed by atoms with E-state index in [1.807, 2.05) is 48.5 Å². The van der Waals surface area contributed by atoms with Crippen molar-refractivity contribution in [2.24, 2.45) is 11.8 Å². The molecule has 0 spiro atoms. The quantitative estimate of drug-likeness (QED) is 0.0780. The molecule has 4 aromatic carbocycles. The van der Waals surface area contributed by atoms with Gasteiger partial charge in [-0.3, -0.25) is 9.59 Å². The van der Waals surface area contributed by atoms with Crippen molar-refractivity contribution in [3.05, 3.63) is 113 Å². The zero-order chi connectivity index (χ0) is 38.9. The molecule has 14 heteroatoms. The number of benzene rings is 4. The summed E-state index contributed by atoms with van der Waals surface area (Å²) in [4.78, 5) is 26.7. The van der Waals surface area contributed by atoms with Gasteiger partial charge in [-0.15, -0.1) is 5.10 Å². The zero-order valence-corrected chi connectivity index (χ0v) is 31.3. The first-order chi connectivity index (χ1) is 27.3. The van der Waals surface area contributed by atoms with Gasteiger partial charge in [0.25, 0.3) is 0 Å². The molecule has 56 heavy (non-hydrogen) atoms. The molecule has 3 aliphatic rings. The Morgan fingerprint density at radius 2 is 1.52 bits per heavy atom. The van der Waals surface area contributed by atoms with Crippen LogP contribution in [0.4, 0.5) is 0 Å². The van der Waals surface area contributed by atoms with Gasteiger partial charge in [-0.2, -0.15) is 0 Å². The Kier molecular flexibility index (Phi) is 9.85. The third kappa shape index (κ3) is 6.46. The van der Waals surface area contributed by atoms with Crippen molar-refractivity contribution in [2.75, 3.05) is 48.9 Å². The summed E-state index contributed by atoms with van der Waals surface area (Å²) >= 11 is 0. The van der Waals surface area contributed by atoms with Crippen LogP contribution in [-0.4, -0.2) is 75.7 Å². The van der Waals surface area contributed by atoms with Crippen LogP contribution in [0.3, 0.4) is 0 Å². The molecule has 0 amide bonds. The lowest BCUT2D eigenvalue weighted by atomic mass is 9.65. The molecule has 5 aromatic rings. The van der Waals surface area contributed by atoms with E-state index < -0.39 is 17.9 Å². The van der Waals surface area contributed by atoms with Crippen LogP contribution in [0.25, 0.3) is 6.08 Å². The number of ether oxygens (including phenoxy) is 9. The number of nitrogens with zero attached hydrogens (tertiary/aromatic N) is 3. The number of esters is 1. The van der Waals surface area contributed by atoms with E-state index in [1.54, 1.807) is 63.6 Å². The van der Waals surface area contributed by atoms with Crippen LogP contribution in [0.1, 0.15) is 50.3 Å². The van der Waals surface area contributed by atoms with Gasteiger partial charge in [-0.05, 0) is 77.4 Å². The summed E-state index contributed by atoms with van der Waals surface area (Å²) < 4.78 is 53.3. The Balaban J connectivity index is 1.08. The maximum atomic E-state index is 13.7. The second-order valence-corrected chi connectivity index (χ2v) is 13.3. The first kappa shape index (κ1) is 36.3. The minimum Gasteiger partial charge on any atom is -0.496 e. The number of fused-ring (bicyclic) bond motifs is 3. The van der Waals surface area contributed by atoms with Gasteiger partial charge in [0.15, 0.2) is 40.3 Å². The summed E-state index contributed by atoms with van der Waals surface area (Å²) in [5.74, 6) is 2.12. The summed E-state index contributed by atoms with van der Waals surface area (Å²) in [6.45, 7) is 0.302. The van der Waals surface area contributed by atoms with Gasteiger partial charge in [0.1, 0.15) is 18.1 Å². The lowest BCUT2D eigenvalue weighted by Crippen LogP contribution is -2.37. The maximum Gasteiger partial charge on any atom is 0.310 e. The average molecular weight is 762 g/mol. The van der Waals surface area contributed by atoms with Crippen molar-refractivity contribution in [3.63, 3.8) is 0 Å². The summed E-state index contributed by atoms with van der Waals surface area (Å²) in [7, 11) is 7.75. The largest absolute Gasteiger partial charge is 0.496 e. The van der Waals surface area contributed by atoms with Crippen molar-refractivity contribution in [3.8, 4) is 46.0 Å². The molecule has 0 bridgehead atoms. The van der Waals surface area contributed by atoms with Crippen LogP contribution in [0.2, 0.25) is 0 Å². The molecule has 288 valence electrons. The molecule has 4 atom stereocenters. The molecule has 14 nitrogen and oxygen atoms in total. The van der Waals surface area contributed by atoms with E-state index in [-0.39, 0.29) is 37.7 Å². The van der Waals surface area contributed by atoms with Crippen LogP contribution in [0, 0.1) is 11.8 Å². The highest BCUT2D eigenvalue weighted by Crippen LogP contribution is 2.56. The van der Waals surface area contributed by atoms with Gasteiger partial charge in [-0.25, -0.2) is 4.68 Å². The van der Waals surface area contributed by atoms with Gasteiger partial charge in [-0.1, -0.05) is 23.4 Å². The molecule has 0 radical (unpaired) electrons. The highest BCUT2D eigenvalue weighted by atomic mass is 16.7. The number of cyclic esters (lactones) is 1. The Morgan fingerprint density at radius 1 is 0.804 bits per heavy atom. The van der Waals surface area contributed by atoms with E-state index in [0.717, 1.165) is 22.3 Å². The van der Waals surface area contributed by atoms with Crippen molar-refractivity contribution < 1.29 is 52.2 Å². The fraction of sp³-hybridized carbons (Fsp3) is 0.286. The smallest absolute Gasteiger partial charge is 0.310 e. The van der Waals surface area contributed by atoms with Crippen LogP contribution < -0.4 is 37.9 Å². The fourth-order valence-corrected chi connectivity index (χ4v) is 7.83. The Labute approximate surface area is 322 Å².